The molecule has 7 nitrogen and oxygen atoms in total. The van der Waals surface area contributed by atoms with Gasteiger partial charge in [0, 0.05) is 34.3 Å². The second-order valence-corrected chi connectivity index (χ2v) is 13.4. The molecule has 4 rings (SSSR count). The number of benzene rings is 3. The smallest absolute Gasteiger partial charge is 0.247 e. The van der Waals surface area contributed by atoms with Gasteiger partial charge >= 0.3 is 0 Å². The number of anilines is 1. The van der Waals surface area contributed by atoms with Crippen LogP contribution in [0.2, 0.25) is 0 Å². The third-order valence-electron chi connectivity index (χ3n) is 7.17. The summed E-state index contributed by atoms with van der Waals surface area (Å²) in [5.74, 6) is 0.103. The fourth-order valence-corrected chi connectivity index (χ4v) is 6.81. The summed E-state index contributed by atoms with van der Waals surface area (Å²) in [5.41, 5.74) is 0.783. The minimum Gasteiger partial charge on any atom is -0.344 e. The Morgan fingerprint density at radius 2 is 1.51 bits per heavy atom. The van der Waals surface area contributed by atoms with Crippen LogP contribution in [-0.2, 0) is 26.0 Å². The van der Waals surface area contributed by atoms with Gasteiger partial charge in [-0.05, 0) is 70.1 Å². The Balaban J connectivity index is 1.61. The Hall–Kier alpha value is -3.23. The molecule has 3 aromatic rings. The molecule has 0 radical (unpaired) electrons. The van der Waals surface area contributed by atoms with Crippen molar-refractivity contribution in [2.75, 3.05) is 5.32 Å². The number of hydrogen-bond donors (Lipinski definition) is 3. The van der Waals surface area contributed by atoms with Crippen LogP contribution in [0.25, 0.3) is 10.8 Å². The van der Waals surface area contributed by atoms with E-state index >= 15 is 0 Å². The number of sulfonamides is 1. The summed E-state index contributed by atoms with van der Waals surface area (Å²) >= 11 is 0. The molecule has 2 amide bonds. The lowest BCUT2D eigenvalue weighted by Crippen LogP contribution is -2.47. The summed E-state index contributed by atoms with van der Waals surface area (Å²) < 4.78 is 29.0. The van der Waals surface area contributed by atoms with Gasteiger partial charge in [-0.25, -0.2) is 13.1 Å². The molecule has 0 heterocycles. The van der Waals surface area contributed by atoms with E-state index in [1.807, 2.05) is 30.3 Å². The molecule has 208 valence electrons. The quantitative estimate of drug-likeness (QED) is 0.350. The number of hydrogen-bond acceptors (Lipinski definition) is 4. The second kappa shape index (κ2) is 11.9. The fraction of sp³-hybridized carbons (Fsp3) is 0.419. The molecule has 1 aliphatic carbocycles. The molecule has 0 aliphatic heterocycles. The number of nitrogens with one attached hydrogen (secondary N) is 3. The van der Waals surface area contributed by atoms with Crippen LogP contribution in [-0.4, -0.2) is 31.8 Å². The van der Waals surface area contributed by atoms with Crippen molar-refractivity contribution in [3.8, 4) is 0 Å². The molecular weight excluding hydrogens is 510 g/mol. The Kier molecular flexibility index (Phi) is 8.76. The molecule has 39 heavy (non-hydrogen) atoms. The molecule has 0 unspecified atom stereocenters. The summed E-state index contributed by atoms with van der Waals surface area (Å²) in [6, 6.07) is 19.1. The molecular formula is C31H39N3O4S. The normalized spacial score (nSPS) is 18.9. The lowest BCUT2D eigenvalue weighted by Gasteiger charge is -2.27. The minimum absolute atomic E-state index is 0.0856. The summed E-state index contributed by atoms with van der Waals surface area (Å²) in [5, 5.41) is 7.11. The van der Waals surface area contributed by atoms with Crippen LogP contribution in [0.1, 0.15) is 58.9 Å². The Morgan fingerprint density at radius 3 is 2.18 bits per heavy atom. The predicted octanol–water partition coefficient (Wildman–Crippen LogP) is 5.41. The zero-order valence-electron chi connectivity index (χ0n) is 23.2. The Labute approximate surface area is 231 Å². The first-order valence-corrected chi connectivity index (χ1v) is 15.1. The number of carbonyl (C=O) groups is 2. The maximum atomic E-state index is 13.6. The van der Waals surface area contributed by atoms with Crippen molar-refractivity contribution in [1.29, 1.82) is 0 Å². The molecule has 1 saturated carbocycles. The standard InChI is InChI=1S/C31H39N3O4S/c1-21-16-18-23(19-17-21)29(35)33-27(20-22-10-6-5-7-11-22)30(36)32-26-14-8-13-25-24(26)12-9-15-28(25)39(37,38)34-31(2,3)4/h5-15,21,23,27,34H,16-20H2,1-4H3,(H,32,36)(H,33,35)/t21?,23?,27-/m0/s1. The lowest BCUT2D eigenvalue weighted by molar-refractivity contribution is -0.130. The molecule has 0 aromatic heterocycles. The van der Waals surface area contributed by atoms with Gasteiger partial charge in [-0.1, -0.05) is 61.5 Å². The van der Waals surface area contributed by atoms with Crippen molar-refractivity contribution in [3.63, 3.8) is 0 Å². The zero-order chi connectivity index (χ0) is 28.2. The zero-order valence-corrected chi connectivity index (χ0v) is 24.0. The predicted molar refractivity (Wildman–Crippen MR) is 156 cm³/mol. The Bertz CT molecular complexity index is 1420. The van der Waals surface area contributed by atoms with E-state index in [1.54, 1.807) is 57.2 Å². The van der Waals surface area contributed by atoms with Gasteiger partial charge in [0.25, 0.3) is 0 Å². The van der Waals surface area contributed by atoms with Crippen molar-refractivity contribution in [1.82, 2.24) is 10.0 Å². The maximum Gasteiger partial charge on any atom is 0.247 e. The minimum atomic E-state index is -3.80. The monoisotopic (exact) mass is 549 g/mol. The van der Waals surface area contributed by atoms with Crippen molar-refractivity contribution in [2.45, 2.75) is 76.3 Å². The van der Waals surface area contributed by atoms with Gasteiger partial charge in [-0.3, -0.25) is 9.59 Å². The number of fused-ring (bicyclic) bond motifs is 1. The average molecular weight is 550 g/mol. The maximum absolute atomic E-state index is 13.6. The third kappa shape index (κ3) is 7.46. The fourth-order valence-electron chi connectivity index (χ4n) is 5.17. The van der Waals surface area contributed by atoms with Gasteiger partial charge in [0.2, 0.25) is 21.8 Å². The lowest BCUT2D eigenvalue weighted by atomic mass is 9.82. The number of carbonyl (C=O) groups excluding carboxylic acids is 2. The SMILES string of the molecule is CC1CCC(C(=O)N[C@@H](Cc2ccccc2)C(=O)Nc2cccc3c(S(=O)(=O)NC(C)(C)C)cccc23)CC1. The number of amides is 2. The van der Waals surface area contributed by atoms with E-state index in [9.17, 15) is 18.0 Å². The highest BCUT2D eigenvalue weighted by molar-refractivity contribution is 7.89. The van der Waals surface area contributed by atoms with Gasteiger partial charge in [0.1, 0.15) is 6.04 Å². The average Bonchev–Trinajstić information content (AvgIpc) is 2.87. The first-order valence-electron chi connectivity index (χ1n) is 13.6. The van der Waals surface area contributed by atoms with E-state index in [1.165, 1.54) is 0 Å². The summed E-state index contributed by atoms with van der Waals surface area (Å²) in [6.45, 7) is 7.57. The van der Waals surface area contributed by atoms with Crippen molar-refractivity contribution in [2.24, 2.45) is 11.8 Å². The molecule has 1 atom stereocenters. The highest BCUT2D eigenvalue weighted by Crippen LogP contribution is 2.30. The molecule has 0 saturated heterocycles. The van der Waals surface area contributed by atoms with Crippen LogP contribution < -0.4 is 15.4 Å². The van der Waals surface area contributed by atoms with Gasteiger partial charge in [0.05, 0.1) is 4.90 Å². The van der Waals surface area contributed by atoms with Crippen molar-refractivity contribution in [3.05, 3.63) is 72.3 Å². The Morgan fingerprint density at radius 1 is 0.872 bits per heavy atom. The summed E-state index contributed by atoms with van der Waals surface area (Å²) in [7, 11) is -3.80. The molecule has 3 aromatic carbocycles. The largest absolute Gasteiger partial charge is 0.344 e. The molecule has 3 N–H and O–H groups in total. The van der Waals surface area contributed by atoms with E-state index in [0.29, 0.717) is 28.8 Å². The third-order valence-corrected chi connectivity index (χ3v) is 8.99. The molecule has 1 fully saturated rings. The van der Waals surface area contributed by atoms with Crippen LogP contribution in [0.3, 0.4) is 0 Å². The summed E-state index contributed by atoms with van der Waals surface area (Å²) in [4.78, 5) is 27.0. The molecule has 8 heteroatoms. The van der Waals surface area contributed by atoms with E-state index in [-0.39, 0.29) is 22.6 Å². The van der Waals surface area contributed by atoms with Crippen LogP contribution >= 0.6 is 0 Å². The van der Waals surface area contributed by atoms with Crippen molar-refractivity contribution < 1.29 is 18.0 Å². The highest BCUT2D eigenvalue weighted by atomic mass is 32.2. The van der Waals surface area contributed by atoms with Gasteiger partial charge in [-0.15, -0.1) is 0 Å². The topological polar surface area (TPSA) is 104 Å². The first kappa shape index (κ1) is 28.8. The van der Waals surface area contributed by atoms with Crippen LogP contribution in [0.5, 0.6) is 0 Å². The second-order valence-electron chi connectivity index (χ2n) is 11.7. The van der Waals surface area contributed by atoms with Crippen LogP contribution in [0, 0.1) is 11.8 Å². The summed E-state index contributed by atoms with van der Waals surface area (Å²) in [6.07, 6.45) is 4.03. The molecule has 0 spiro atoms. The van der Waals surface area contributed by atoms with Gasteiger partial charge in [0.15, 0.2) is 0 Å². The van der Waals surface area contributed by atoms with Crippen LogP contribution in [0.4, 0.5) is 5.69 Å². The van der Waals surface area contributed by atoms with Crippen molar-refractivity contribution >= 4 is 38.3 Å². The number of rotatable bonds is 8. The first-order chi connectivity index (χ1) is 18.4. The molecule has 0 bridgehead atoms. The van der Waals surface area contributed by atoms with E-state index in [0.717, 1.165) is 31.2 Å². The van der Waals surface area contributed by atoms with E-state index < -0.39 is 21.6 Å². The molecule has 1 aliphatic rings. The van der Waals surface area contributed by atoms with Gasteiger partial charge in [-0.2, -0.15) is 0 Å². The van der Waals surface area contributed by atoms with Crippen LogP contribution in [0.15, 0.2) is 71.6 Å². The van der Waals surface area contributed by atoms with E-state index in [4.69, 9.17) is 0 Å². The van der Waals surface area contributed by atoms with Gasteiger partial charge < -0.3 is 10.6 Å². The highest BCUT2D eigenvalue weighted by Gasteiger charge is 2.29. The van der Waals surface area contributed by atoms with E-state index in [2.05, 4.69) is 22.3 Å².